The number of carboxylic acids is 1. The highest BCUT2D eigenvalue weighted by atomic mass is 16.5. The van der Waals surface area contributed by atoms with Crippen LogP contribution in [-0.4, -0.2) is 36.4 Å². The first-order chi connectivity index (χ1) is 9.52. The molecule has 0 aliphatic carbocycles. The summed E-state index contributed by atoms with van der Waals surface area (Å²) in [6.07, 6.45) is 0.803. The number of hydrogen-bond acceptors (Lipinski definition) is 5. The first kappa shape index (κ1) is 15.7. The molecular formula is C14H17NO5. The van der Waals surface area contributed by atoms with Gasteiger partial charge in [0.1, 0.15) is 18.6 Å². The summed E-state index contributed by atoms with van der Waals surface area (Å²) in [7, 11) is 0. The Hall–Kier alpha value is -2.34. The highest BCUT2D eigenvalue weighted by Crippen LogP contribution is 2.13. The van der Waals surface area contributed by atoms with E-state index in [1.807, 2.05) is 0 Å². The van der Waals surface area contributed by atoms with Crippen molar-refractivity contribution < 1.29 is 24.2 Å². The summed E-state index contributed by atoms with van der Waals surface area (Å²) in [5, 5.41) is 11.8. The normalized spacial score (nSPS) is 11.4. The van der Waals surface area contributed by atoms with E-state index >= 15 is 0 Å². The van der Waals surface area contributed by atoms with Crippen molar-refractivity contribution in [3.05, 3.63) is 42.5 Å². The highest BCUT2D eigenvalue weighted by molar-refractivity contribution is 5.87. The molecule has 0 bridgehead atoms. The number of rotatable bonds is 8. The maximum atomic E-state index is 10.8. The van der Waals surface area contributed by atoms with Crippen LogP contribution in [0.2, 0.25) is 0 Å². The molecule has 1 atom stereocenters. The molecule has 0 heterocycles. The largest absolute Gasteiger partial charge is 0.478 e. The Morgan fingerprint density at radius 1 is 1.40 bits per heavy atom. The molecule has 6 heteroatoms. The van der Waals surface area contributed by atoms with Crippen LogP contribution in [0.5, 0.6) is 5.75 Å². The molecule has 0 spiro atoms. The van der Waals surface area contributed by atoms with E-state index in [1.54, 1.807) is 19.1 Å². The minimum atomic E-state index is -0.980. The number of aromatic carboxylic acids is 1. The van der Waals surface area contributed by atoms with Gasteiger partial charge in [0.2, 0.25) is 0 Å². The van der Waals surface area contributed by atoms with E-state index in [-0.39, 0.29) is 18.4 Å². The van der Waals surface area contributed by atoms with Crippen LogP contribution in [0.1, 0.15) is 17.3 Å². The van der Waals surface area contributed by atoms with Gasteiger partial charge in [-0.3, -0.25) is 5.32 Å². The van der Waals surface area contributed by atoms with Crippen molar-refractivity contribution in [2.75, 3.05) is 13.2 Å². The summed E-state index contributed by atoms with van der Waals surface area (Å²) in [6.45, 7) is 5.74. The predicted octanol–water partition coefficient (Wildman–Crippen LogP) is 1.43. The Bertz CT molecular complexity index is 469. The molecule has 0 aliphatic heterocycles. The summed E-state index contributed by atoms with van der Waals surface area (Å²) < 4.78 is 10.3. The van der Waals surface area contributed by atoms with E-state index in [2.05, 4.69) is 11.9 Å². The number of carbonyl (C=O) groups is 2. The van der Waals surface area contributed by atoms with Gasteiger partial charge in [0.05, 0.1) is 5.56 Å². The molecule has 108 valence electrons. The first-order valence-electron chi connectivity index (χ1n) is 6.05. The quantitative estimate of drug-likeness (QED) is 0.324. The molecule has 0 radical (unpaired) electrons. The number of carboxylic acid groups (broad SMARTS) is 1. The Morgan fingerprint density at radius 3 is 2.60 bits per heavy atom. The minimum Gasteiger partial charge on any atom is -0.478 e. The summed E-state index contributed by atoms with van der Waals surface area (Å²) in [5.74, 6) is -0.894. The van der Waals surface area contributed by atoms with Crippen LogP contribution in [0.25, 0.3) is 0 Å². The van der Waals surface area contributed by atoms with Crippen molar-refractivity contribution >= 4 is 11.9 Å². The average molecular weight is 279 g/mol. The van der Waals surface area contributed by atoms with Crippen LogP contribution in [0.3, 0.4) is 0 Å². The molecule has 0 fully saturated rings. The van der Waals surface area contributed by atoms with Crippen molar-refractivity contribution in [2.45, 2.75) is 13.2 Å². The van der Waals surface area contributed by atoms with Crippen LogP contribution in [0.15, 0.2) is 36.9 Å². The molecule has 1 aromatic rings. The van der Waals surface area contributed by atoms with E-state index in [0.29, 0.717) is 12.3 Å². The van der Waals surface area contributed by atoms with Gasteiger partial charge in [-0.1, -0.05) is 6.58 Å². The van der Waals surface area contributed by atoms with Gasteiger partial charge in [-0.25, -0.2) is 9.59 Å². The second kappa shape index (κ2) is 7.96. The minimum absolute atomic E-state index is 0.203. The third-order valence-corrected chi connectivity index (χ3v) is 2.36. The van der Waals surface area contributed by atoms with Gasteiger partial charge >= 0.3 is 11.9 Å². The zero-order chi connectivity index (χ0) is 15.0. The van der Waals surface area contributed by atoms with Gasteiger partial charge in [0.15, 0.2) is 0 Å². The van der Waals surface area contributed by atoms with Crippen LogP contribution in [0.4, 0.5) is 0 Å². The molecule has 1 rings (SSSR count). The first-order valence-corrected chi connectivity index (χ1v) is 6.05. The highest BCUT2D eigenvalue weighted by Gasteiger charge is 2.05. The Morgan fingerprint density at radius 2 is 2.05 bits per heavy atom. The standard InChI is InChI=1S/C14H17NO5/c1-3-13(16)19-9-8-15-10(2)20-12-6-4-11(5-7-12)14(17)18/h3-7,10,15H,1,8-9H2,2H3,(H,17,18). The average Bonchev–Trinajstić information content (AvgIpc) is 2.43. The lowest BCUT2D eigenvalue weighted by molar-refractivity contribution is -0.137. The van der Waals surface area contributed by atoms with Crippen LogP contribution in [0, 0.1) is 0 Å². The lowest BCUT2D eigenvalue weighted by Crippen LogP contribution is -2.34. The van der Waals surface area contributed by atoms with E-state index in [0.717, 1.165) is 6.08 Å². The summed E-state index contributed by atoms with van der Waals surface area (Å²) >= 11 is 0. The molecule has 2 N–H and O–H groups in total. The molecule has 20 heavy (non-hydrogen) atoms. The van der Waals surface area contributed by atoms with Crippen LogP contribution < -0.4 is 10.1 Å². The van der Waals surface area contributed by atoms with Gasteiger partial charge in [-0.05, 0) is 31.2 Å². The smallest absolute Gasteiger partial charge is 0.335 e. The van der Waals surface area contributed by atoms with Crippen molar-refractivity contribution in [2.24, 2.45) is 0 Å². The fourth-order valence-corrected chi connectivity index (χ4v) is 1.39. The monoisotopic (exact) mass is 279 g/mol. The Balaban J connectivity index is 2.31. The molecule has 6 nitrogen and oxygen atoms in total. The maximum Gasteiger partial charge on any atom is 0.335 e. The van der Waals surface area contributed by atoms with E-state index in [1.165, 1.54) is 12.1 Å². The summed E-state index contributed by atoms with van der Waals surface area (Å²) in [5.41, 5.74) is 0.203. The maximum absolute atomic E-state index is 10.8. The zero-order valence-electron chi connectivity index (χ0n) is 11.2. The molecule has 0 saturated carbocycles. The van der Waals surface area contributed by atoms with Gasteiger partial charge in [0.25, 0.3) is 0 Å². The van der Waals surface area contributed by atoms with Crippen molar-refractivity contribution in [3.63, 3.8) is 0 Å². The topological polar surface area (TPSA) is 84.9 Å². The summed E-state index contributed by atoms with van der Waals surface area (Å²) in [4.78, 5) is 21.5. The lowest BCUT2D eigenvalue weighted by Gasteiger charge is -2.16. The van der Waals surface area contributed by atoms with Gasteiger partial charge < -0.3 is 14.6 Å². The molecule has 0 aliphatic rings. The number of nitrogens with one attached hydrogen (secondary N) is 1. The second-order valence-electron chi connectivity index (χ2n) is 3.92. The van der Waals surface area contributed by atoms with Crippen LogP contribution >= 0.6 is 0 Å². The summed E-state index contributed by atoms with van der Waals surface area (Å²) in [6, 6.07) is 6.10. The van der Waals surface area contributed by atoms with E-state index in [9.17, 15) is 9.59 Å². The van der Waals surface area contributed by atoms with Gasteiger partial charge in [0, 0.05) is 12.6 Å². The molecule has 1 unspecified atom stereocenters. The fourth-order valence-electron chi connectivity index (χ4n) is 1.39. The van der Waals surface area contributed by atoms with Crippen molar-refractivity contribution in [1.29, 1.82) is 0 Å². The third kappa shape index (κ3) is 5.53. The van der Waals surface area contributed by atoms with Gasteiger partial charge in [-0.15, -0.1) is 0 Å². The second-order valence-corrected chi connectivity index (χ2v) is 3.92. The number of benzene rings is 1. The Kier molecular flexibility index (Phi) is 6.25. The SMILES string of the molecule is C=CC(=O)OCCNC(C)Oc1ccc(C(=O)O)cc1. The molecular weight excluding hydrogens is 262 g/mol. The molecule has 0 saturated heterocycles. The predicted molar refractivity (Wildman–Crippen MR) is 72.7 cm³/mol. The lowest BCUT2D eigenvalue weighted by atomic mass is 10.2. The number of esters is 1. The van der Waals surface area contributed by atoms with Gasteiger partial charge in [-0.2, -0.15) is 0 Å². The molecule has 1 aromatic carbocycles. The number of hydrogen-bond donors (Lipinski definition) is 2. The molecule has 0 amide bonds. The van der Waals surface area contributed by atoms with E-state index < -0.39 is 11.9 Å². The molecule has 0 aromatic heterocycles. The van der Waals surface area contributed by atoms with E-state index in [4.69, 9.17) is 14.6 Å². The zero-order valence-corrected chi connectivity index (χ0v) is 11.2. The number of carbonyl (C=O) groups excluding carboxylic acids is 1. The van der Waals surface area contributed by atoms with Crippen molar-refractivity contribution in [3.8, 4) is 5.75 Å². The van der Waals surface area contributed by atoms with Crippen LogP contribution in [-0.2, 0) is 9.53 Å². The fraction of sp³-hybridized carbons (Fsp3) is 0.286. The Labute approximate surface area is 117 Å². The third-order valence-electron chi connectivity index (χ3n) is 2.36. The number of ether oxygens (including phenoxy) is 2. The van der Waals surface area contributed by atoms with Crippen molar-refractivity contribution in [1.82, 2.24) is 5.32 Å².